The molecule has 0 atom stereocenters. The van der Waals surface area contributed by atoms with Crippen molar-refractivity contribution in [1.82, 2.24) is 4.90 Å². The van der Waals surface area contributed by atoms with Crippen LogP contribution in [0.1, 0.15) is 6.92 Å². The summed E-state index contributed by atoms with van der Waals surface area (Å²) in [7, 11) is 0. The molecule has 1 aromatic carbocycles. The predicted molar refractivity (Wildman–Crippen MR) is 91.9 cm³/mol. The Morgan fingerprint density at radius 2 is 2.00 bits per heavy atom. The van der Waals surface area contributed by atoms with E-state index in [2.05, 4.69) is 18.5 Å². The number of anilines is 1. The lowest BCUT2D eigenvalue weighted by molar-refractivity contribution is -0.125. The van der Waals surface area contributed by atoms with Gasteiger partial charge in [-0.05, 0) is 19.1 Å². The second-order valence-electron chi connectivity index (χ2n) is 4.53. The molecule has 0 aliphatic carbocycles. The van der Waals surface area contributed by atoms with Crippen molar-refractivity contribution in [3.05, 3.63) is 61.3 Å². The number of carbonyl (C=O) groups excluding carboxylic acids is 1. The zero-order chi connectivity index (χ0) is 17.1. The molecule has 1 rings (SSSR count). The smallest absolute Gasteiger partial charge is 0.266 e. The van der Waals surface area contributed by atoms with Crippen molar-refractivity contribution < 1.29 is 9.53 Å². The van der Waals surface area contributed by atoms with Crippen LogP contribution in [0, 0.1) is 11.3 Å². The molecule has 0 fully saturated rings. The van der Waals surface area contributed by atoms with Crippen molar-refractivity contribution in [3.63, 3.8) is 0 Å². The van der Waals surface area contributed by atoms with Crippen LogP contribution in [0.25, 0.3) is 0 Å². The first-order chi connectivity index (χ1) is 11.2. The summed E-state index contributed by atoms with van der Waals surface area (Å²) in [6, 6.07) is 9.24. The lowest BCUT2D eigenvalue weighted by atomic mass is 10.2. The van der Waals surface area contributed by atoms with Crippen molar-refractivity contribution in [1.29, 1.82) is 5.26 Å². The number of nitriles is 1. The van der Waals surface area contributed by atoms with E-state index in [1.54, 1.807) is 12.2 Å². The normalized spacial score (nSPS) is 10.3. The van der Waals surface area contributed by atoms with Crippen molar-refractivity contribution in [2.24, 2.45) is 0 Å². The fourth-order valence-electron chi connectivity index (χ4n) is 1.88. The quantitative estimate of drug-likeness (QED) is 0.432. The summed E-state index contributed by atoms with van der Waals surface area (Å²) in [4.78, 5) is 13.8. The Kier molecular flexibility index (Phi) is 7.73. The average Bonchev–Trinajstić information content (AvgIpc) is 2.56. The minimum atomic E-state index is -0.381. The van der Waals surface area contributed by atoms with E-state index in [4.69, 9.17) is 4.74 Å². The maximum atomic E-state index is 12.4. The van der Waals surface area contributed by atoms with E-state index < -0.39 is 0 Å². The van der Waals surface area contributed by atoms with Gasteiger partial charge in [-0.2, -0.15) is 5.26 Å². The SMILES string of the molecule is C=CCN(CC=C)C(=O)/C(C#N)=C\Nc1ccccc1OCC. The van der Waals surface area contributed by atoms with E-state index in [-0.39, 0.29) is 11.5 Å². The van der Waals surface area contributed by atoms with Crippen LogP contribution in [0.4, 0.5) is 5.69 Å². The van der Waals surface area contributed by atoms with Gasteiger partial charge in [0.05, 0.1) is 12.3 Å². The Hall–Kier alpha value is -3.00. The van der Waals surface area contributed by atoms with E-state index in [1.165, 1.54) is 11.1 Å². The zero-order valence-corrected chi connectivity index (χ0v) is 13.3. The fourth-order valence-corrected chi connectivity index (χ4v) is 1.88. The first-order valence-electron chi connectivity index (χ1n) is 7.27. The second kappa shape index (κ2) is 9.85. The molecule has 0 aromatic heterocycles. The average molecular weight is 311 g/mol. The Morgan fingerprint density at radius 1 is 1.35 bits per heavy atom. The number of rotatable bonds is 9. The number of benzene rings is 1. The number of hydrogen-bond donors (Lipinski definition) is 1. The number of hydrogen-bond acceptors (Lipinski definition) is 4. The van der Waals surface area contributed by atoms with Gasteiger partial charge in [-0.3, -0.25) is 4.79 Å². The molecule has 0 spiro atoms. The monoisotopic (exact) mass is 311 g/mol. The molecule has 5 heteroatoms. The third-order valence-corrected chi connectivity index (χ3v) is 2.90. The van der Waals surface area contributed by atoms with Crippen molar-refractivity contribution in [2.75, 3.05) is 25.0 Å². The topological polar surface area (TPSA) is 65.4 Å². The molecule has 0 saturated carbocycles. The standard InChI is InChI=1S/C18H21N3O2/c1-4-11-21(12-5-2)18(22)15(13-19)14-20-16-9-7-8-10-17(16)23-6-3/h4-5,7-10,14,20H,1-2,6,11-12H2,3H3/b15-14-. The highest BCUT2D eigenvalue weighted by molar-refractivity contribution is 5.97. The van der Waals surface area contributed by atoms with E-state index in [9.17, 15) is 10.1 Å². The molecule has 1 amide bonds. The van der Waals surface area contributed by atoms with Crippen molar-refractivity contribution >= 4 is 11.6 Å². The van der Waals surface area contributed by atoms with Crippen LogP contribution >= 0.6 is 0 Å². The predicted octanol–water partition coefficient (Wildman–Crippen LogP) is 3.11. The van der Waals surface area contributed by atoms with Gasteiger partial charge < -0.3 is 15.0 Å². The van der Waals surface area contributed by atoms with Crippen LogP contribution in [-0.2, 0) is 4.79 Å². The fraction of sp³-hybridized carbons (Fsp3) is 0.222. The summed E-state index contributed by atoms with van der Waals surface area (Å²) in [5.41, 5.74) is 0.689. The Morgan fingerprint density at radius 3 is 2.57 bits per heavy atom. The molecule has 1 N–H and O–H groups in total. The molecule has 0 saturated heterocycles. The molecular weight excluding hydrogens is 290 g/mol. The minimum Gasteiger partial charge on any atom is -0.492 e. The summed E-state index contributed by atoms with van der Waals surface area (Å²) >= 11 is 0. The van der Waals surface area contributed by atoms with Gasteiger partial charge in [0.2, 0.25) is 0 Å². The van der Waals surface area contributed by atoms with Crippen LogP contribution in [0.5, 0.6) is 5.75 Å². The van der Waals surface area contributed by atoms with Gasteiger partial charge in [-0.15, -0.1) is 13.2 Å². The molecule has 0 unspecified atom stereocenters. The summed E-state index contributed by atoms with van der Waals surface area (Å²) in [5.74, 6) is 0.277. The maximum Gasteiger partial charge on any atom is 0.266 e. The second-order valence-corrected chi connectivity index (χ2v) is 4.53. The van der Waals surface area contributed by atoms with Gasteiger partial charge >= 0.3 is 0 Å². The first kappa shape index (κ1) is 18.1. The lowest BCUT2D eigenvalue weighted by Crippen LogP contribution is -2.32. The highest BCUT2D eigenvalue weighted by Gasteiger charge is 2.16. The lowest BCUT2D eigenvalue weighted by Gasteiger charge is -2.18. The molecule has 23 heavy (non-hydrogen) atoms. The molecule has 1 aromatic rings. The maximum absolute atomic E-state index is 12.4. The van der Waals surface area contributed by atoms with Crippen LogP contribution in [-0.4, -0.2) is 30.5 Å². The molecule has 5 nitrogen and oxygen atoms in total. The van der Waals surface area contributed by atoms with Crippen LogP contribution in [0.3, 0.4) is 0 Å². The third-order valence-electron chi connectivity index (χ3n) is 2.90. The van der Waals surface area contributed by atoms with Gasteiger partial charge in [0.25, 0.3) is 5.91 Å². The van der Waals surface area contributed by atoms with Crippen molar-refractivity contribution in [3.8, 4) is 11.8 Å². The van der Waals surface area contributed by atoms with Gasteiger partial charge in [0.15, 0.2) is 0 Å². The summed E-state index contributed by atoms with van der Waals surface area (Å²) in [6.07, 6.45) is 4.60. The first-order valence-corrected chi connectivity index (χ1v) is 7.27. The summed E-state index contributed by atoms with van der Waals surface area (Å²) in [5, 5.41) is 12.2. The highest BCUT2D eigenvalue weighted by Crippen LogP contribution is 2.23. The van der Waals surface area contributed by atoms with Gasteiger partial charge in [-0.1, -0.05) is 24.3 Å². The molecular formula is C18H21N3O2. The zero-order valence-electron chi connectivity index (χ0n) is 13.3. The highest BCUT2D eigenvalue weighted by atomic mass is 16.5. The summed E-state index contributed by atoms with van der Waals surface area (Å²) < 4.78 is 5.49. The number of amides is 1. The minimum absolute atomic E-state index is 0.00000142. The van der Waals surface area contributed by atoms with E-state index >= 15 is 0 Å². The molecule has 0 aliphatic rings. The summed E-state index contributed by atoms with van der Waals surface area (Å²) in [6.45, 7) is 10.3. The number of para-hydroxylation sites is 2. The number of carbonyl (C=O) groups is 1. The molecule has 120 valence electrons. The molecule has 0 aliphatic heterocycles. The van der Waals surface area contributed by atoms with E-state index in [0.717, 1.165) is 0 Å². The number of nitrogens with one attached hydrogen (secondary N) is 1. The largest absolute Gasteiger partial charge is 0.492 e. The number of ether oxygens (including phenoxy) is 1. The van der Waals surface area contributed by atoms with Gasteiger partial charge in [0.1, 0.15) is 17.4 Å². The molecule has 0 radical (unpaired) electrons. The molecule has 0 bridgehead atoms. The van der Waals surface area contributed by atoms with Gasteiger partial charge in [0, 0.05) is 19.3 Å². The number of nitrogens with zero attached hydrogens (tertiary/aromatic N) is 2. The Bertz CT molecular complexity index is 619. The van der Waals surface area contributed by atoms with E-state index in [1.807, 2.05) is 37.3 Å². The Labute approximate surface area is 137 Å². The van der Waals surface area contributed by atoms with E-state index in [0.29, 0.717) is 31.1 Å². The van der Waals surface area contributed by atoms with Crippen LogP contribution < -0.4 is 10.1 Å². The Balaban J connectivity index is 2.95. The van der Waals surface area contributed by atoms with Crippen molar-refractivity contribution in [2.45, 2.75) is 6.92 Å². The third kappa shape index (κ3) is 5.36. The molecule has 0 heterocycles. The van der Waals surface area contributed by atoms with Crippen LogP contribution in [0.15, 0.2) is 61.3 Å². The van der Waals surface area contributed by atoms with Crippen LogP contribution in [0.2, 0.25) is 0 Å². The van der Waals surface area contributed by atoms with Gasteiger partial charge in [-0.25, -0.2) is 0 Å².